The van der Waals surface area contributed by atoms with Gasteiger partial charge in [0.2, 0.25) is 5.91 Å². The first-order valence-corrected chi connectivity index (χ1v) is 6.28. The summed E-state index contributed by atoms with van der Waals surface area (Å²) in [6, 6.07) is -1.75. The van der Waals surface area contributed by atoms with Crippen LogP contribution in [-0.4, -0.2) is 58.4 Å². The van der Waals surface area contributed by atoms with Crippen molar-refractivity contribution in [2.45, 2.75) is 30.2 Å². The molecule has 2 fully saturated rings. The molecule has 4 N–H and O–H groups in total. The summed E-state index contributed by atoms with van der Waals surface area (Å²) in [5, 5.41) is 23.8. The Morgan fingerprint density at radius 1 is 1.45 bits per heavy atom. The molecule has 5 atom stereocenters. The van der Waals surface area contributed by atoms with Gasteiger partial charge in [-0.3, -0.25) is 9.59 Å². The first-order chi connectivity index (χ1) is 9.45. The average molecular weight is 282 g/mol. The van der Waals surface area contributed by atoms with Crippen molar-refractivity contribution in [3.63, 3.8) is 0 Å². The number of hydrogen-bond acceptors (Lipinski definition) is 5. The van der Waals surface area contributed by atoms with E-state index in [9.17, 15) is 19.5 Å². The molecule has 1 amide bonds. The van der Waals surface area contributed by atoms with E-state index in [1.165, 1.54) is 0 Å². The average Bonchev–Trinajstić information content (AvgIpc) is 2.81. The highest BCUT2D eigenvalue weighted by Crippen LogP contribution is 2.46. The van der Waals surface area contributed by atoms with Crippen LogP contribution < -0.4 is 10.6 Å². The fourth-order valence-electron chi connectivity index (χ4n) is 3.44. The van der Waals surface area contributed by atoms with Crippen LogP contribution in [0.15, 0.2) is 12.2 Å². The molecule has 0 aliphatic carbocycles. The van der Waals surface area contributed by atoms with E-state index >= 15 is 0 Å². The molecule has 0 bridgehead atoms. The zero-order valence-electron chi connectivity index (χ0n) is 10.4. The van der Waals surface area contributed by atoms with Gasteiger partial charge in [-0.2, -0.15) is 0 Å². The maximum atomic E-state index is 12.1. The molecule has 0 radical (unpaired) electrons. The number of aliphatic carboxylic acids is 2. The van der Waals surface area contributed by atoms with E-state index in [1.54, 1.807) is 6.08 Å². The Morgan fingerprint density at radius 2 is 2.20 bits per heavy atom. The van der Waals surface area contributed by atoms with Crippen LogP contribution in [0.4, 0.5) is 0 Å². The van der Waals surface area contributed by atoms with Crippen LogP contribution in [-0.2, 0) is 19.1 Å². The lowest BCUT2D eigenvalue weighted by Gasteiger charge is -2.29. The van der Waals surface area contributed by atoms with Crippen LogP contribution in [0.2, 0.25) is 0 Å². The lowest BCUT2D eigenvalue weighted by Crippen LogP contribution is -2.52. The highest BCUT2D eigenvalue weighted by molar-refractivity contribution is 5.94. The van der Waals surface area contributed by atoms with Gasteiger partial charge in [0, 0.05) is 6.54 Å². The second kappa shape index (κ2) is 4.29. The van der Waals surface area contributed by atoms with Gasteiger partial charge in [0.05, 0.1) is 24.5 Å². The standard InChI is InChI=1S/C12H14N2O6/c15-6(16)4-12-7(10(17)14-9(12)11(18)19)8-5(20-12)2-1-3-13-8/h1-2,5,7-9,13H,3-4H2,(H,14,17)(H,15,16)(H,18,19)/t5-,7+,8+,9-,12+/m1/s1. The quantitative estimate of drug-likeness (QED) is 0.456. The first kappa shape index (κ1) is 13.1. The topological polar surface area (TPSA) is 125 Å². The molecule has 0 saturated carbocycles. The number of carbonyl (C=O) groups is 3. The molecule has 8 heteroatoms. The summed E-state index contributed by atoms with van der Waals surface area (Å²) in [4.78, 5) is 34.6. The molecule has 108 valence electrons. The minimum atomic E-state index is -1.55. The van der Waals surface area contributed by atoms with E-state index in [1.807, 2.05) is 6.08 Å². The number of carboxylic acid groups (broad SMARTS) is 2. The van der Waals surface area contributed by atoms with Crippen molar-refractivity contribution in [2.24, 2.45) is 5.92 Å². The van der Waals surface area contributed by atoms with Crippen molar-refractivity contribution in [2.75, 3.05) is 6.54 Å². The molecule has 20 heavy (non-hydrogen) atoms. The molecule has 8 nitrogen and oxygen atoms in total. The third kappa shape index (κ3) is 1.65. The summed E-state index contributed by atoms with van der Waals surface area (Å²) >= 11 is 0. The summed E-state index contributed by atoms with van der Waals surface area (Å²) in [5.41, 5.74) is -1.55. The van der Waals surface area contributed by atoms with Gasteiger partial charge < -0.3 is 25.6 Å². The smallest absolute Gasteiger partial charge is 0.329 e. The number of carboxylic acids is 2. The zero-order chi connectivity index (χ0) is 14.5. The Kier molecular flexibility index (Phi) is 2.80. The number of ether oxygens (including phenoxy) is 1. The zero-order valence-corrected chi connectivity index (χ0v) is 10.4. The number of carbonyl (C=O) groups excluding carboxylic acids is 1. The van der Waals surface area contributed by atoms with Crippen molar-refractivity contribution in [1.82, 2.24) is 10.6 Å². The van der Waals surface area contributed by atoms with Crippen LogP contribution in [0.3, 0.4) is 0 Å². The number of amides is 1. The minimum absolute atomic E-state index is 0.399. The summed E-state index contributed by atoms with van der Waals surface area (Å²) in [6.07, 6.45) is 2.54. The first-order valence-electron chi connectivity index (χ1n) is 6.28. The molecule has 0 aromatic heterocycles. The third-order valence-corrected chi connectivity index (χ3v) is 4.12. The van der Waals surface area contributed by atoms with Gasteiger partial charge in [-0.15, -0.1) is 0 Å². The molecule has 3 aliphatic heterocycles. The monoisotopic (exact) mass is 282 g/mol. The molecule has 0 aromatic carbocycles. The minimum Gasteiger partial charge on any atom is -0.481 e. The molecular weight excluding hydrogens is 268 g/mol. The molecule has 3 heterocycles. The van der Waals surface area contributed by atoms with Gasteiger partial charge in [-0.05, 0) is 0 Å². The second-order valence-corrected chi connectivity index (χ2v) is 5.23. The summed E-state index contributed by atoms with van der Waals surface area (Å²) in [7, 11) is 0. The molecule has 0 unspecified atom stereocenters. The van der Waals surface area contributed by atoms with Crippen LogP contribution in [0.1, 0.15) is 6.42 Å². The fraction of sp³-hybridized carbons (Fsp3) is 0.583. The van der Waals surface area contributed by atoms with Gasteiger partial charge in [-0.25, -0.2) is 4.79 Å². The Bertz CT molecular complexity index is 518. The third-order valence-electron chi connectivity index (χ3n) is 4.12. The van der Waals surface area contributed by atoms with E-state index < -0.39 is 54.0 Å². The lowest BCUT2D eigenvalue weighted by atomic mass is 9.79. The van der Waals surface area contributed by atoms with E-state index in [0.29, 0.717) is 6.54 Å². The Balaban J connectivity index is 2.05. The summed E-state index contributed by atoms with van der Waals surface area (Å²) in [6.45, 7) is 0.537. The summed E-state index contributed by atoms with van der Waals surface area (Å²) in [5.74, 6) is -3.78. The predicted octanol–water partition coefficient (Wildman–Crippen LogP) is -1.67. The number of rotatable bonds is 3. The number of nitrogens with one attached hydrogen (secondary N) is 2. The largest absolute Gasteiger partial charge is 0.481 e. The van der Waals surface area contributed by atoms with Gasteiger partial charge >= 0.3 is 11.9 Å². The highest BCUT2D eigenvalue weighted by Gasteiger charge is 2.68. The van der Waals surface area contributed by atoms with Crippen molar-refractivity contribution < 1.29 is 29.3 Å². The van der Waals surface area contributed by atoms with Crippen LogP contribution >= 0.6 is 0 Å². The molecule has 0 spiro atoms. The number of fused-ring (bicyclic) bond motifs is 3. The predicted molar refractivity (Wildman–Crippen MR) is 63.8 cm³/mol. The van der Waals surface area contributed by atoms with Crippen LogP contribution in [0, 0.1) is 5.92 Å². The normalized spacial score (nSPS) is 41.9. The summed E-state index contributed by atoms with van der Waals surface area (Å²) < 4.78 is 5.74. The van der Waals surface area contributed by atoms with Crippen LogP contribution in [0.5, 0.6) is 0 Å². The van der Waals surface area contributed by atoms with Crippen molar-refractivity contribution in [3.05, 3.63) is 12.2 Å². The van der Waals surface area contributed by atoms with E-state index in [2.05, 4.69) is 10.6 Å². The molecule has 2 saturated heterocycles. The van der Waals surface area contributed by atoms with E-state index in [4.69, 9.17) is 9.84 Å². The SMILES string of the molecule is O=C(O)C[C@]12O[C@@H]3C=CCN[C@@H]3[C@H]1C(=O)N[C@@H]2C(=O)O. The van der Waals surface area contributed by atoms with Gasteiger partial charge in [0.25, 0.3) is 0 Å². The Labute approximate surface area is 113 Å². The van der Waals surface area contributed by atoms with Gasteiger partial charge in [0.15, 0.2) is 6.04 Å². The lowest BCUT2D eigenvalue weighted by molar-refractivity contribution is -0.155. The maximum Gasteiger partial charge on any atom is 0.329 e. The van der Waals surface area contributed by atoms with Crippen molar-refractivity contribution >= 4 is 17.8 Å². The van der Waals surface area contributed by atoms with E-state index in [-0.39, 0.29) is 0 Å². The van der Waals surface area contributed by atoms with Gasteiger partial charge in [0.1, 0.15) is 5.60 Å². The highest BCUT2D eigenvalue weighted by atomic mass is 16.5. The van der Waals surface area contributed by atoms with E-state index in [0.717, 1.165) is 0 Å². The Hall–Kier alpha value is -1.93. The van der Waals surface area contributed by atoms with Gasteiger partial charge in [-0.1, -0.05) is 12.2 Å². The molecule has 0 aromatic rings. The molecular formula is C12H14N2O6. The van der Waals surface area contributed by atoms with Crippen molar-refractivity contribution in [1.29, 1.82) is 0 Å². The second-order valence-electron chi connectivity index (χ2n) is 5.23. The van der Waals surface area contributed by atoms with Crippen molar-refractivity contribution in [3.8, 4) is 0 Å². The molecule has 3 aliphatic rings. The Morgan fingerprint density at radius 3 is 2.85 bits per heavy atom. The molecule has 3 rings (SSSR count). The fourth-order valence-corrected chi connectivity index (χ4v) is 3.44. The maximum absolute atomic E-state index is 12.1. The van der Waals surface area contributed by atoms with Crippen LogP contribution in [0.25, 0.3) is 0 Å². The number of hydrogen-bond donors (Lipinski definition) is 4.